The third-order valence-electron chi connectivity index (χ3n) is 4.48. The van der Waals surface area contributed by atoms with Crippen molar-refractivity contribution in [2.75, 3.05) is 13.1 Å². The average molecular weight is 305 g/mol. The number of aromatic nitrogens is 2. The van der Waals surface area contributed by atoms with Gasteiger partial charge in [-0.25, -0.2) is 0 Å². The molecule has 0 saturated carbocycles. The molecule has 0 aliphatic carbocycles. The first-order valence-corrected chi connectivity index (χ1v) is 8.15. The van der Waals surface area contributed by atoms with Crippen LogP contribution in [0, 0.1) is 0 Å². The highest BCUT2D eigenvalue weighted by Crippen LogP contribution is 2.25. The topological polar surface area (TPSA) is 49.0 Å². The van der Waals surface area contributed by atoms with E-state index in [0.717, 1.165) is 48.0 Å². The van der Waals surface area contributed by atoms with E-state index in [1.165, 1.54) is 11.8 Å². The molecule has 1 aliphatic rings. The lowest BCUT2D eigenvalue weighted by Crippen LogP contribution is -2.34. The molecule has 0 radical (unpaired) electrons. The smallest absolute Gasteiger partial charge is 0.246 e. The summed E-state index contributed by atoms with van der Waals surface area (Å²) in [4.78, 5) is 21.9. The molecule has 1 N–H and O–H groups in total. The van der Waals surface area contributed by atoms with Crippen molar-refractivity contribution < 1.29 is 4.79 Å². The number of fused-ring (bicyclic) bond motifs is 3. The zero-order valence-electron chi connectivity index (χ0n) is 13.0. The van der Waals surface area contributed by atoms with Gasteiger partial charge in [0.1, 0.15) is 0 Å². The Morgan fingerprint density at radius 3 is 2.78 bits per heavy atom. The third kappa shape index (κ3) is 2.72. The van der Waals surface area contributed by atoms with Gasteiger partial charge >= 0.3 is 0 Å². The Kier molecular flexibility index (Phi) is 3.58. The quantitative estimate of drug-likeness (QED) is 0.733. The summed E-state index contributed by atoms with van der Waals surface area (Å²) in [5.41, 5.74) is 2.94. The Morgan fingerprint density at radius 1 is 1.09 bits per heavy atom. The highest BCUT2D eigenvalue weighted by Gasteiger charge is 2.13. The minimum atomic E-state index is 0.0884. The molecule has 4 heteroatoms. The second-order valence-corrected chi connectivity index (χ2v) is 6.04. The predicted octanol–water partition coefficient (Wildman–Crippen LogP) is 3.74. The van der Waals surface area contributed by atoms with Crippen LogP contribution in [0.25, 0.3) is 27.9 Å². The van der Waals surface area contributed by atoms with Crippen molar-refractivity contribution in [2.45, 2.75) is 19.3 Å². The van der Waals surface area contributed by atoms with Gasteiger partial charge in [-0.3, -0.25) is 9.78 Å². The second kappa shape index (κ2) is 5.88. The van der Waals surface area contributed by atoms with Crippen LogP contribution in [-0.2, 0) is 4.79 Å². The van der Waals surface area contributed by atoms with Crippen LogP contribution >= 0.6 is 0 Å². The molecule has 23 heavy (non-hydrogen) atoms. The van der Waals surface area contributed by atoms with Crippen molar-refractivity contribution in [3.8, 4) is 0 Å². The maximum Gasteiger partial charge on any atom is 0.246 e. The molecule has 2 aromatic heterocycles. The highest BCUT2D eigenvalue weighted by atomic mass is 16.2. The molecule has 3 heterocycles. The van der Waals surface area contributed by atoms with E-state index >= 15 is 0 Å². The van der Waals surface area contributed by atoms with E-state index in [-0.39, 0.29) is 5.91 Å². The van der Waals surface area contributed by atoms with E-state index in [9.17, 15) is 4.79 Å². The van der Waals surface area contributed by atoms with Crippen LogP contribution in [0.3, 0.4) is 0 Å². The molecule has 0 bridgehead atoms. The molecule has 0 atom stereocenters. The maximum absolute atomic E-state index is 12.2. The second-order valence-electron chi connectivity index (χ2n) is 6.04. The minimum absolute atomic E-state index is 0.0884. The Balaban J connectivity index is 1.62. The van der Waals surface area contributed by atoms with Crippen LogP contribution in [0.1, 0.15) is 25.0 Å². The number of piperidine rings is 1. The molecule has 4 rings (SSSR count). The summed E-state index contributed by atoms with van der Waals surface area (Å²) < 4.78 is 0. The summed E-state index contributed by atoms with van der Waals surface area (Å²) >= 11 is 0. The Hall–Kier alpha value is -2.62. The van der Waals surface area contributed by atoms with E-state index in [4.69, 9.17) is 0 Å². The number of hydrogen-bond acceptors (Lipinski definition) is 2. The van der Waals surface area contributed by atoms with Gasteiger partial charge in [-0.05, 0) is 37.5 Å². The van der Waals surface area contributed by atoms with E-state index in [2.05, 4.69) is 22.1 Å². The first-order valence-electron chi connectivity index (χ1n) is 8.15. The zero-order valence-corrected chi connectivity index (χ0v) is 13.0. The standard InChI is InChI=1S/C19H19N3O/c23-19(22-10-4-1-5-11-22)9-8-14-12-16-15-6-2-3-7-17(15)21-18(16)13-20-14/h2-3,6-9,12-13,21H,1,4-5,10-11H2/b9-8+. The number of nitrogens with zero attached hydrogens (tertiary/aromatic N) is 2. The van der Waals surface area contributed by atoms with E-state index in [1.54, 1.807) is 6.08 Å². The van der Waals surface area contributed by atoms with Crippen LogP contribution in [-0.4, -0.2) is 33.9 Å². The summed E-state index contributed by atoms with van der Waals surface area (Å²) in [5.74, 6) is 0.0884. The summed E-state index contributed by atoms with van der Waals surface area (Å²) in [6.07, 6.45) is 8.75. The van der Waals surface area contributed by atoms with Gasteiger partial charge in [-0.1, -0.05) is 18.2 Å². The molecular formula is C19H19N3O. The molecule has 1 amide bonds. The van der Waals surface area contributed by atoms with Crippen LogP contribution in [0.2, 0.25) is 0 Å². The zero-order chi connectivity index (χ0) is 15.6. The third-order valence-corrected chi connectivity index (χ3v) is 4.48. The van der Waals surface area contributed by atoms with Crippen LogP contribution in [0.4, 0.5) is 0 Å². The van der Waals surface area contributed by atoms with E-state index in [1.807, 2.05) is 35.4 Å². The number of amides is 1. The van der Waals surface area contributed by atoms with Crippen LogP contribution in [0.15, 0.2) is 42.6 Å². The van der Waals surface area contributed by atoms with Crippen molar-refractivity contribution in [3.63, 3.8) is 0 Å². The van der Waals surface area contributed by atoms with Gasteiger partial charge in [0.25, 0.3) is 0 Å². The number of pyridine rings is 1. The summed E-state index contributed by atoms with van der Waals surface area (Å²) in [7, 11) is 0. The number of H-pyrrole nitrogens is 1. The molecule has 0 unspecified atom stereocenters. The van der Waals surface area contributed by atoms with Gasteiger partial charge in [-0.2, -0.15) is 0 Å². The fourth-order valence-electron chi connectivity index (χ4n) is 3.23. The van der Waals surface area contributed by atoms with Gasteiger partial charge in [0, 0.05) is 35.5 Å². The number of benzene rings is 1. The maximum atomic E-state index is 12.2. The van der Waals surface area contributed by atoms with Gasteiger partial charge in [0.15, 0.2) is 0 Å². The Labute approximate surface area is 134 Å². The van der Waals surface area contributed by atoms with Gasteiger partial charge < -0.3 is 9.88 Å². The molecule has 0 spiro atoms. The normalized spacial score (nSPS) is 15.7. The highest BCUT2D eigenvalue weighted by molar-refractivity contribution is 6.07. The first-order chi connectivity index (χ1) is 11.3. The largest absolute Gasteiger partial charge is 0.353 e. The molecule has 3 aromatic rings. The van der Waals surface area contributed by atoms with Crippen LogP contribution < -0.4 is 0 Å². The fourth-order valence-corrected chi connectivity index (χ4v) is 3.23. The first kappa shape index (κ1) is 14.0. The molecule has 1 aromatic carbocycles. The fraction of sp³-hybridized carbons (Fsp3) is 0.263. The predicted molar refractivity (Wildman–Crippen MR) is 93.1 cm³/mol. The van der Waals surface area contributed by atoms with Gasteiger partial charge in [0.05, 0.1) is 17.4 Å². The monoisotopic (exact) mass is 305 g/mol. The number of rotatable bonds is 2. The number of aromatic amines is 1. The van der Waals surface area contributed by atoms with Crippen molar-refractivity contribution in [1.29, 1.82) is 0 Å². The minimum Gasteiger partial charge on any atom is -0.353 e. The van der Waals surface area contributed by atoms with Gasteiger partial charge in [-0.15, -0.1) is 0 Å². The molecule has 1 saturated heterocycles. The summed E-state index contributed by atoms with van der Waals surface area (Å²) in [6.45, 7) is 1.75. The number of para-hydroxylation sites is 1. The number of carbonyl (C=O) groups is 1. The Bertz CT molecular complexity index is 888. The average Bonchev–Trinajstić information content (AvgIpc) is 2.98. The van der Waals surface area contributed by atoms with Crippen molar-refractivity contribution in [1.82, 2.24) is 14.9 Å². The molecular weight excluding hydrogens is 286 g/mol. The van der Waals surface area contributed by atoms with Crippen LogP contribution in [0.5, 0.6) is 0 Å². The van der Waals surface area contributed by atoms with E-state index in [0.29, 0.717) is 0 Å². The lowest BCUT2D eigenvalue weighted by atomic mass is 10.1. The van der Waals surface area contributed by atoms with Crippen molar-refractivity contribution in [3.05, 3.63) is 48.3 Å². The number of carbonyl (C=O) groups excluding carboxylic acids is 1. The molecule has 4 nitrogen and oxygen atoms in total. The van der Waals surface area contributed by atoms with Crippen molar-refractivity contribution in [2.24, 2.45) is 0 Å². The van der Waals surface area contributed by atoms with E-state index < -0.39 is 0 Å². The Morgan fingerprint density at radius 2 is 1.91 bits per heavy atom. The molecule has 1 fully saturated rings. The summed E-state index contributed by atoms with van der Waals surface area (Å²) in [5, 5.41) is 2.32. The number of nitrogens with one attached hydrogen (secondary N) is 1. The number of hydrogen-bond donors (Lipinski definition) is 1. The van der Waals surface area contributed by atoms with Gasteiger partial charge in [0.2, 0.25) is 5.91 Å². The lowest BCUT2D eigenvalue weighted by molar-refractivity contribution is -0.126. The van der Waals surface area contributed by atoms with Crippen molar-refractivity contribution >= 4 is 33.8 Å². The lowest BCUT2D eigenvalue weighted by Gasteiger charge is -2.25. The summed E-state index contributed by atoms with van der Waals surface area (Å²) in [6, 6.07) is 10.2. The molecule has 1 aliphatic heterocycles. The number of likely N-dealkylation sites (tertiary alicyclic amines) is 1. The molecule has 116 valence electrons. The SMILES string of the molecule is O=C(/C=C/c1cc2c(cn1)[nH]c1ccccc12)N1CCCCC1.